The fraction of sp³-hybridized carbons (Fsp3) is 0.150. The minimum atomic E-state index is -0.414. The predicted octanol–water partition coefficient (Wildman–Crippen LogP) is 3.48. The Kier molecular flexibility index (Phi) is 3.98. The van der Waals surface area contributed by atoms with Crippen LogP contribution in [0.5, 0.6) is 0 Å². The molecule has 1 aliphatic rings. The van der Waals surface area contributed by atoms with Crippen LogP contribution < -0.4 is 5.32 Å². The van der Waals surface area contributed by atoms with Crippen molar-refractivity contribution in [3.8, 4) is 11.4 Å². The molecule has 6 nitrogen and oxygen atoms in total. The summed E-state index contributed by atoms with van der Waals surface area (Å²) in [5.41, 5.74) is 2.39. The molecule has 1 saturated heterocycles. The number of nitrogens with zero attached hydrogens (tertiary/aromatic N) is 3. The summed E-state index contributed by atoms with van der Waals surface area (Å²) in [6.45, 7) is 1.69. The lowest BCUT2D eigenvalue weighted by atomic mass is 10.0. The van der Waals surface area contributed by atoms with E-state index in [1.807, 2.05) is 6.08 Å². The van der Waals surface area contributed by atoms with E-state index in [2.05, 4.69) is 30.7 Å². The van der Waals surface area contributed by atoms with Crippen LogP contribution in [-0.4, -0.2) is 38.5 Å². The van der Waals surface area contributed by atoms with Gasteiger partial charge in [0.25, 0.3) is 0 Å². The van der Waals surface area contributed by atoms with Crippen LogP contribution in [0.25, 0.3) is 34.4 Å². The van der Waals surface area contributed by atoms with Crippen molar-refractivity contribution in [3.05, 3.63) is 65.1 Å². The van der Waals surface area contributed by atoms with Crippen molar-refractivity contribution in [1.29, 1.82) is 0 Å². The molecule has 4 aromatic rings. The van der Waals surface area contributed by atoms with E-state index in [4.69, 9.17) is 0 Å². The number of benzene rings is 2. The van der Waals surface area contributed by atoms with Gasteiger partial charge in [0.1, 0.15) is 17.5 Å². The van der Waals surface area contributed by atoms with Crippen molar-refractivity contribution in [2.45, 2.75) is 5.92 Å². The number of aromatic amines is 2. The van der Waals surface area contributed by atoms with Crippen molar-refractivity contribution in [2.75, 3.05) is 13.1 Å². The fourth-order valence-electron chi connectivity index (χ4n) is 3.17. The summed E-state index contributed by atoms with van der Waals surface area (Å²) in [5.74, 6) is 0.678. The zero-order valence-electron chi connectivity index (χ0n) is 14.7. The van der Waals surface area contributed by atoms with Gasteiger partial charge in [-0.15, -0.1) is 0 Å². The molecule has 28 heavy (non-hydrogen) atoms. The Hall–Kier alpha value is -3.39. The second-order valence-corrected chi connectivity index (χ2v) is 6.77. The first-order chi connectivity index (χ1) is 13.7. The van der Waals surface area contributed by atoms with Crippen LogP contribution in [-0.2, 0) is 0 Å². The predicted molar refractivity (Wildman–Crippen MR) is 102 cm³/mol. The molecule has 3 N–H and O–H groups in total. The van der Waals surface area contributed by atoms with E-state index in [0.29, 0.717) is 22.6 Å². The number of nitrogens with one attached hydrogen (secondary N) is 3. The van der Waals surface area contributed by atoms with Crippen LogP contribution in [0.4, 0.5) is 8.78 Å². The van der Waals surface area contributed by atoms with Crippen molar-refractivity contribution < 1.29 is 8.78 Å². The Morgan fingerprint density at radius 2 is 1.79 bits per heavy atom. The third kappa shape index (κ3) is 2.97. The van der Waals surface area contributed by atoms with E-state index in [0.717, 1.165) is 29.9 Å². The number of H-pyrrole nitrogens is 2. The monoisotopic (exact) mass is 378 g/mol. The number of halogens is 2. The van der Waals surface area contributed by atoms with Gasteiger partial charge < -0.3 is 5.32 Å². The average Bonchev–Trinajstić information content (AvgIpc) is 3.26. The maximum Gasteiger partial charge on any atom is 0.184 e. The van der Waals surface area contributed by atoms with E-state index in [-0.39, 0.29) is 11.7 Å². The lowest BCUT2D eigenvalue weighted by Gasteiger charge is -2.24. The summed E-state index contributed by atoms with van der Waals surface area (Å²) in [4.78, 5) is 4.46. The topological polar surface area (TPSA) is 82.3 Å². The minimum Gasteiger partial charge on any atom is -0.315 e. The highest BCUT2D eigenvalue weighted by atomic mass is 19.1. The van der Waals surface area contributed by atoms with Crippen LogP contribution in [0.2, 0.25) is 0 Å². The zero-order valence-corrected chi connectivity index (χ0v) is 14.7. The first kappa shape index (κ1) is 16.8. The van der Waals surface area contributed by atoms with Gasteiger partial charge in [-0.05, 0) is 29.8 Å². The normalized spacial score (nSPS) is 14.8. The molecular formula is C20H16F2N6. The van der Waals surface area contributed by atoms with E-state index in [1.54, 1.807) is 24.3 Å². The summed E-state index contributed by atoms with van der Waals surface area (Å²) in [7, 11) is 0. The summed E-state index contributed by atoms with van der Waals surface area (Å²) < 4.78 is 27.6. The SMILES string of the molecule is Fc1ccc(C=Cc2n[nH]c3cc(F)c(-c4n[nH]c(C5CNC5)n4)cc23)cc1. The number of hydrogen-bond donors (Lipinski definition) is 3. The highest BCUT2D eigenvalue weighted by Crippen LogP contribution is 2.28. The van der Waals surface area contributed by atoms with Gasteiger partial charge in [-0.3, -0.25) is 10.2 Å². The largest absolute Gasteiger partial charge is 0.315 e. The smallest absolute Gasteiger partial charge is 0.184 e. The van der Waals surface area contributed by atoms with Crippen molar-refractivity contribution in [3.63, 3.8) is 0 Å². The molecule has 1 aliphatic heterocycles. The molecule has 2 aromatic carbocycles. The molecule has 0 aliphatic carbocycles. The highest BCUT2D eigenvalue weighted by molar-refractivity contribution is 5.92. The Morgan fingerprint density at radius 3 is 2.54 bits per heavy atom. The molecule has 140 valence electrons. The Bertz CT molecular complexity index is 1170. The second-order valence-electron chi connectivity index (χ2n) is 6.77. The van der Waals surface area contributed by atoms with E-state index < -0.39 is 5.82 Å². The Labute approximate surface area is 158 Å². The fourth-order valence-corrected chi connectivity index (χ4v) is 3.17. The van der Waals surface area contributed by atoms with Gasteiger partial charge >= 0.3 is 0 Å². The van der Waals surface area contributed by atoms with Gasteiger partial charge in [0.05, 0.1) is 16.8 Å². The van der Waals surface area contributed by atoms with Gasteiger partial charge in [-0.2, -0.15) is 10.2 Å². The molecule has 0 amide bonds. The highest BCUT2D eigenvalue weighted by Gasteiger charge is 2.23. The molecule has 1 fully saturated rings. The third-order valence-electron chi connectivity index (χ3n) is 4.90. The molecule has 3 heterocycles. The first-order valence-electron chi connectivity index (χ1n) is 8.92. The molecule has 0 bridgehead atoms. The summed E-state index contributed by atoms with van der Waals surface area (Å²) in [5, 5.41) is 18.1. The van der Waals surface area contributed by atoms with Crippen LogP contribution in [0, 0.1) is 11.6 Å². The van der Waals surface area contributed by atoms with Gasteiger partial charge in [0, 0.05) is 30.5 Å². The standard InChI is InChI=1S/C20H16F2N6/c21-13-4-1-11(2-5-13)3-6-17-15-7-14(16(22)8-18(15)26-25-17)20-24-19(27-28-20)12-9-23-10-12/h1-8,12,23H,9-10H2,(H,25,26)(H,24,27,28). The molecule has 0 saturated carbocycles. The van der Waals surface area contributed by atoms with Crippen molar-refractivity contribution in [2.24, 2.45) is 0 Å². The molecule has 2 aromatic heterocycles. The molecule has 5 rings (SSSR count). The summed E-state index contributed by atoms with van der Waals surface area (Å²) >= 11 is 0. The zero-order chi connectivity index (χ0) is 19.1. The average molecular weight is 378 g/mol. The quantitative estimate of drug-likeness (QED) is 0.508. The maximum absolute atomic E-state index is 14.6. The van der Waals surface area contributed by atoms with Crippen LogP contribution in [0.15, 0.2) is 36.4 Å². The third-order valence-corrected chi connectivity index (χ3v) is 4.90. The summed E-state index contributed by atoms with van der Waals surface area (Å²) in [6, 6.07) is 9.24. The Morgan fingerprint density at radius 1 is 0.964 bits per heavy atom. The van der Waals surface area contributed by atoms with E-state index in [9.17, 15) is 8.78 Å². The number of fused-ring (bicyclic) bond motifs is 1. The van der Waals surface area contributed by atoms with Crippen LogP contribution in [0.1, 0.15) is 23.0 Å². The minimum absolute atomic E-state index is 0.286. The Balaban J connectivity index is 1.51. The lowest BCUT2D eigenvalue weighted by molar-refractivity contribution is 0.431. The van der Waals surface area contributed by atoms with Crippen molar-refractivity contribution >= 4 is 23.1 Å². The molecule has 0 atom stereocenters. The van der Waals surface area contributed by atoms with E-state index in [1.165, 1.54) is 18.2 Å². The molecule has 0 radical (unpaired) electrons. The summed E-state index contributed by atoms with van der Waals surface area (Å²) in [6.07, 6.45) is 3.63. The molecule has 8 heteroatoms. The van der Waals surface area contributed by atoms with Gasteiger partial charge in [0.15, 0.2) is 5.82 Å². The van der Waals surface area contributed by atoms with Crippen LogP contribution >= 0.6 is 0 Å². The number of rotatable bonds is 4. The molecule has 0 spiro atoms. The maximum atomic E-state index is 14.6. The van der Waals surface area contributed by atoms with Crippen molar-refractivity contribution in [1.82, 2.24) is 30.7 Å². The molecule has 0 unspecified atom stereocenters. The number of aromatic nitrogens is 5. The van der Waals surface area contributed by atoms with Gasteiger partial charge in [-0.25, -0.2) is 13.8 Å². The second kappa shape index (κ2) is 6.65. The van der Waals surface area contributed by atoms with Gasteiger partial charge in [-0.1, -0.05) is 18.2 Å². The van der Waals surface area contributed by atoms with Crippen LogP contribution in [0.3, 0.4) is 0 Å². The molecular weight excluding hydrogens is 362 g/mol. The van der Waals surface area contributed by atoms with Gasteiger partial charge in [0.2, 0.25) is 0 Å². The first-order valence-corrected chi connectivity index (χ1v) is 8.92. The lowest BCUT2D eigenvalue weighted by Crippen LogP contribution is -2.40. The number of hydrogen-bond acceptors (Lipinski definition) is 4. The van der Waals surface area contributed by atoms with E-state index >= 15 is 0 Å².